The predicted octanol–water partition coefficient (Wildman–Crippen LogP) is 6.13. The maximum absolute atomic E-state index is 14.4. The molecular formula is C37H47FN4O7. The van der Waals surface area contributed by atoms with Crippen LogP contribution in [-0.4, -0.2) is 85.2 Å². The molecule has 3 aromatic carbocycles. The molecule has 11 nitrogen and oxygen atoms in total. The van der Waals surface area contributed by atoms with E-state index in [1.165, 1.54) is 24.3 Å². The van der Waals surface area contributed by atoms with Crippen LogP contribution in [0.2, 0.25) is 0 Å². The second-order valence-corrected chi connectivity index (χ2v) is 13.0. The van der Waals surface area contributed by atoms with Gasteiger partial charge in [-0.1, -0.05) is 13.0 Å². The van der Waals surface area contributed by atoms with Crippen LogP contribution in [0.5, 0.6) is 17.2 Å². The van der Waals surface area contributed by atoms with Crippen LogP contribution in [-0.2, 0) is 11.3 Å². The molecule has 0 aromatic heterocycles. The topological polar surface area (TPSA) is 122 Å². The van der Waals surface area contributed by atoms with Gasteiger partial charge >= 0.3 is 6.03 Å². The number of hydrogen-bond donors (Lipinski definition) is 3. The Kier molecular flexibility index (Phi) is 12.3. The molecule has 4 atom stereocenters. The number of rotatable bonds is 8. The highest BCUT2D eigenvalue weighted by Crippen LogP contribution is 2.33. The van der Waals surface area contributed by atoms with Gasteiger partial charge in [-0.3, -0.25) is 9.69 Å². The molecule has 3 aromatic rings. The lowest BCUT2D eigenvalue weighted by molar-refractivity contribution is -0.0177. The molecule has 0 saturated heterocycles. The first-order valence-corrected chi connectivity index (χ1v) is 16.8. The lowest BCUT2D eigenvalue weighted by Gasteiger charge is -2.36. The number of benzene rings is 3. The van der Waals surface area contributed by atoms with Crippen molar-refractivity contribution in [1.82, 2.24) is 9.80 Å². The number of likely N-dealkylation sites (N-methyl/N-ethyl adjacent to an activating group) is 1. The number of urea groups is 1. The molecule has 2 aliphatic heterocycles. The number of halogens is 1. The highest BCUT2D eigenvalue weighted by Gasteiger charge is 2.30. The van der Waals surface area contributed by atoms with E-state index < -0.39 is 17.9 Å². The van der Waals surface area contributed by atoms with Gasteiger partial charge in [-0.2, -0.15) is 0 Å². The summed E-state index contributed by atoms with van der Waals surface area (Å²) in [6.45, 7) is 8.01. The van der Waals surface area contributed by atoms with Crippen LogP contribution in [0.1, 0.15) is 56.0 Å². The normalized spacial score (nSPS) is 20.6. The van der Waals surface area contributed by atoms with Gasteiger partial charge in [0.1, 0.15) is 11.6 Å². The maximum Gasteiger partial charge on any atom is 0.323 e. The Balaban J connectivity index is 1.36. The van der Waals surface area contributed by atoms with Crippen molar-refractivity contribution in [1.29, 1.82) is 0 Å². The van der Waals surface area contributed by atoms with Crippen LogP contribution in [0.15, 0.2) is 60.7 Å². The number of fused-ring (bicyclic) bond motifs is 2. The third-order valence-corrected chi connectivity index (χ3v) is 8.79. The summed E-state index contributed by atoms with van der Waals surface area (Å²) in [4.78, 5) is 31.0. The van der Waals surface area contributed by atoms with Crippen molar-refractivity contribution in [2.45, 2.75) is 64.8 Å². The van der Waals surface area contributed by atoms with Crippen molar-refractivity contribution in [3.05, 3.63) is 77.6 Å². The van der Waals surface area contributed by atoms with E-state index in [9.17, 15) is 19.1 Å². The first kappa shape index (κ1) is 35.9. The maximum atomic E-state index is 14.4. The Bertz CT molecular complexity index is 1570. The van der Waals surface area contributed by atoms with Crippen LogP contribution in [0.25, 0.3) is 0 Å². The molecule has 0 radical (unpaired) electrons. The summed E-state index contributed by atoms with van der Waals surface area (Å²) in [5.74, 6) is 1.06. The van der Waals surface area contributed by atoms with Crippen LogP contribution in [0, 0.1) is 11.7 Å². The standard InChI is InChI=1S/C37H47FN4O7/c1-24-19-42(25(2)22-43)36(44)31-18-30(40-37(45)39-29-11-9-28(38)10-12-29)13-15-32(31)49-26(3)7-5-6-16-46-35(24)21-41(4)20-27-8-14-33-34(17-27)48-23-47-33/h8-15,17-18,24-26,35,43H,5-7,16,19-23H2,1-4H3,(H2,39,40,45)/t24-,25+,26+,35-/m1/s1. The van der Waals surface area contributed by atoms with Crippen molar-refractivity contribution < 1.29 is 38.0 Å². The second kappa shape index (κ2) is 16.8. The number of nitrogens with zero attached hydrogens (tertiary/aromatic N) is 2. The molecule has 0 spiro atoms. The van der Waals surface area contributed by atoms with E-state index in [0.717, 1.165) is 36.3 Å². The molecule has 2 aliphatic rings. The molecule has 0 saturated carbocycles. The summed E-state index contributed by atoms with van der Waals surface area (Å²) in [5, 5.41) is 15.7. The second-order valence-electron chi connectivity index (χ2n) is 13.0. The van der Waals surface area contributed by atoms with E-state index in [1.807, 2.05) is 32.2 Å². The lowest BCUT2D eigenvalue weighted by Crippen LogP contribution is -2.47. The summed E-state index contributed by atoms with van der Waals surface area (Å²) in [7, 11) is 2.04. The average molecular weight is 679 g/mol. The average Bonchev–Trinajstić information content (AvgIpc) is 3.55. The molecular weight excluding hydrogens is 631 g/mol. The van der Waals surface area contributed by atoms with E-state index in [2.05, 4.69) is 22.5 Å². The van der Waals surface area contributed by atoms with Crippen LogP contribution in [0.3, 0.4) is 0 Å². The number of aliphatic hydroxyl groups excluding tert-OH is 1. The Morgan fingerprint density at radius 2 is 1.71 bits per heavy atom. The SMILES string of the molecule is C[C@@H]1CN([C@@H](C)CO)C(=O)c2cc(NC(=O)Nc3ccc(F)cc3)ccc2O[C@@H](C)CCCCO[C@@H]1CN(C)Cc1ccc2c(c1)OCO2. The van der Waals surface area contributed by atoms with Crippen molar-refractivity contribution in [2.24, 2.45) is 5.92 Å². The van der Waals surface area contributed by atoms with Crippen LogP contribution in [0.4, 0.5) is 20.6 Å². The Hall–Kier alpha value is -4.39. The Morgan fingerprint density at radius 3 is 2.49 bits per heavy atom. The molecule has 264 valence electrons. The summed E-state index contributed by atoms with van der Waals surface area (Å²) >= 11 is 0. The number of carbonyl (C=O) groups is 2. The van der Waals surface area contributed by atoms with Crippen LogP contribution >= 0.6 is 0 Å². The molecule has 3 amide bonds. The van der Waals surface area contributed by atoms with Gasteiger partial charge in [0.05, 0.1) is 30.4 Å². The summed E-state index contributed by atoms with van der Waals surface area (Å²) in [6.07, 6.45) is 2.13. The van der Waals surface area contributed by atoms with E-state index in [4.69, 9.17) is 18.9 Å². The van der Waals surface area contributed by atoms with Gasteiger partial charge in [-0.05, 0) is 100 Å². The summed E-state index contributed by atoms with van der Waals surface area (Å²) in [5.41, 5.74) is 2.15. The molecule has 2 heterocycles. The van der Waals surface area contributed by atoms with Gasteiger partial charge in [-0.25, -0.2) is 9.18 Å². The fourth-order valence-corrected chi connectivity index (χ4v) is 6.01. The number of ether oxygens (including phenoxy) is 4. The van der Waals surface area contributed by atoms with Gasteiger partial charge < -0.3 is 39.6 Å². The van der Waals surface area contributed by atoms with Crippen molar-refractivity contribution in [3.8, 4) is 17.2 Å². The molecule has 5 rings (SSSR count). The molecule has 49 heavy (non-hydrogen) atoms. The van der Waals surface area contributed by atoms with Gasteiger partial charge in [0.25, 0.3) is 5.91 Å². The first-order valence-electron chi connectivity index (χ1n) is 16.8. The Labute approximate surface area is 287 Å². The van der Waals surface area contributed by atoms with Crippen molar-refractivity contribution in [2.75, 3.05) is 50.8 Å². The fraction of sp³-hybridized carbons (Fsp3) is 0.459. The zero-order chi connectivity index (χ0) is 34.9. The molecule has 12 heteroatoms. The van der Waals surface area contributed by atoms with E-state index in [1.54, 1.807) is 30.0 Å². The minimum Gasteiger partial charge on any atom is -0.490 e. The van der Waals surface area contributed by atoms with Crippen molar-refractivity contribution >= 4 is 23.3 Å². The summed E-state index contributed by atoms with van der Waals surface area (Å²) in [6, 6.07) is 15.3. The minimum atomic E-state index is -0.548. The zero-order valence-electron chi connectivity index (χ0n) is 28.6. The highest BCUT2D eigenvalue weighted by atomic mass is 19.1. The quantitative estimate of drug-likeness (QED) is 0.261. The monoisotopic (exact) mass is 678 g/mol. The van der Waals surface area contributed by atoms with Crippen LogP contribution < -0.4 is 24.8 Å². The van der Waals surface area contributed by atoms with Crippen molar-refractivity contribution in [3.63, 3.8) is 0 Å². The third kappa shape index (κ3) is 9.84. The number of anilines is 2. The largest absolute Gasteiger partial charge is 0.490 e. The first-order chi connectivity index (χ1) is 23.6. The molecule has 0 bridgehead atoms. The van der Waals surface area contributed by atoms with Gasteiger partial charge in [0, 0.05) is 43.5 Å². The molecule has 0 aliphatic carbocycles. The molecule has 0 fully saturated rings. The molecule has 0 unspecified atom stereocenters. The predicted molar refractivity (Wildman–Crippen MR) is 185 cm³/mol. The Morgan fingerprint density at radius 1 is 1.00 bits per heavy atom. The van der Waals surface area contributed by atoms with Gasteiger partial charge in [0.15, 0.2) is 11.5 Å². The number of nitrogens with one attached hydrogen (secondary N) is 2. The number of aliphatic hydroxyl groups is 1. The number of hydrogen-bond acceptors (Lipinski definition) is 8. The third-order valence-electron chi connectivity index (χ3n) is 8.79. The number of amides is 3. The summed E-state index contributed by atoms with van der Waals surface area (Å²) < 4.78 is 37.1. The zero-order valence-corrected chi connectivity index (χ0v) is 28.6. The van der Waals surface area contributed by atoms with Gasteiger partial charge in [-0.15, -0.1) is 0 Å². The van der Waals surface area contributed by atoms with Gasteiger partial charge in [0.2, 0.25) is 6.79 Å². The highest BCUT2D eigenvalue weighted by molar-refractivity contribution is 6.02. The number of carbonyl (C=O) groups excluding carboxylic acids is 2. The van der Waals surface area contributed by atoms with E-state index in [-0.39, 0.29) is 43.0 Å². The van der Waals surface area contributed by atoms with E-state index >= 15 is 0 Å². The molecule has 3 N–H and O–H groups in total. The minimum absolute atomic E-state index is 0.0915. The smallest absolute Gasteiger partial charge is 0.323 e. The van der Waals surface area contributed by atoms with E-state index in [0.29, 0.717) is 43.4 Å². The fourth-order valence-electron chi connectivity index (χ4n) is 6.01. The lowest BCUT2D eigenvalue weighted by atomic mass is 10.0.